The summed E-state index contributed by atoms with van der Waals surface area (Å²) < 4.78 is 0. The van der Waals surface area contributed by atoms with E-state index in [1.807, 2.05) is 43.3 Å². The molecule has 2 rings (SSSR count). The standard InChI is InChI=1S/C11H15N.C8H9N/c1-4-10(3)12-11-8-6-5-7-9(11)2;1-7-5-3-4-6-8(7)9-2/h5-8H,4H2,1-3H3;3-6H,2H2,1H3. The maximum atomic E-state index is 4.49. The van der Waals surface area contributed by atoms with Gasteiger partial charge >= 0.3 is 0 Å². The number of rotatable bonds is 3. The third-order valence-corrected chi connectivity index (χ3v) is 3.22. The lowest BCUT2D eigenvalue weighted by Gasteiger charge is -2.00. The third kappa shape index (κ3) is 5.74. The van der Waals surface area contributed by atoms with Crippen molar-refractivity contribution in [2.45, 2.75) is 34.1 Å². The second-order valence-corrected chi connectivity index (χ2v) is 4.93. The Kier molecular flexibility index (Phi) is 7.10. The Bertz CT molecular complexity index is 612. The van der Waals surface area contributed by atoms with Gasteiger partial charge in [-0.15, -0.1) is 0 Å². The van der Waals surface area contributed by atoms with Gasteiger partial charge in [-0.1, -0.05) is 43.3 Å². The highest BCUT2D eigenvalue weighted by Gasteiger charge is 1.93. The zero-order valence-electron chi connectivity index (χ0n) is 13.4. The lowest BCUT2D eigenvalue weighted by molar-refractivity contribution is 1.24. The van der Waals surface area contributed by atoms with E-state index in [2.05, 4.69) is 49.6 Å². The van der Waals surface area contributed by atoms with Crippen LogP contribution in [-0.2, 0) is 0 Å². The van der Waals surface area contributed by atoms with E-state index in [0.717, 1.165) is 17.8 Å². The summed E-state index contributed by atoms with van der Waals surface area (Å²) in [7, 11) is 0. The first kappa shape index (κ1) is 16.8. The van der Waals surface area contributed by atoms with Crippen molar-refractivity contribution in [3.05, 3.63) is 59.7 Å². The van der Waals surface area contributed by atoms with Crippen molar-refractivity contribution in [2.24, 2.45) is 9.98 Å². The fourth-order valence-corrected chi connectivity index (χ4v) is 1.71. The average Bonchev–Trinajstić information content (AvgIpc) is 2.50. The van der Waals surface area contributed by atoms with Gasteiger partial charge in [-0.2, -0.15) is 0 Å². The lowest BCUT2D eigenvalue weighted by Crippen LogP contribution is -1.86. The van der Waals surface area contributed by atoms with Crippen LogP contribution in [0.3, 0.4) is 0 Å². The van der Waals surface area contributed by atoms with E-state index in [1.54, 1.807) is 0 Å². The van der Waals surface area contributed by atoms with Crippen molar-refractivity contribution in [1.29, 1.82) is 0 Å². The SMILES string of the molecule is C=Nc1ccccc1C.CCC(C)=Nc1ccccc1C. The van der Waals surface area contributed by atoms with Gasteiger partial charge in [0.25, 0.3) is 0 Å². The zero-order valence-corrected chi connectivity index (χ0v) is 13.4. The highest BCUT2D eigenvalue weighted by Crippen LogP contribution is 2.17. The van der Waals surface area contributed by atoms with Crippen LogP contribution in [0.1, 0.15) is 31.4 Å². The first-order valence-electron chi connectivity index (χ1n) is 7.20. The van der Waals surface area contributed by atoms with Gasteiger partial charge in [0.15, 0.2) is 0 Å². The summed E-state index contributed by atoms with van der Waals surface area (Å²) in [5, 5.41) is 0. The largest absolute Gasteiger partial charge is 0.264 e. The summed E-state index contributed by atoms with van der Waals surface area (Å²) in [6.07, 6.45) is 1.02. The van der Waals surface area contributed by atoms with E-state index in [9.17, 15) is 0 Å². The second kappa shape index (κ2) is 8.85. The minimum absolute atomic E-state index is 0.970. The number of aliphatic imine (C=N–C) groups is 2. The molecular formula is C19H24N2. The fourth-order valence-electron chi connectivity index (χ4n) is 1.71. The van der Waals surface area contributed by atoms with Gasteiger partial charge in [0.05, 0.1) is 11.4 Å². The Balaban J connectivity index is 0.000000219. The summed E-state index contributed by atoms with van der Waals surface area (Å²) in [5.41, 5.74) is 5.66. The molecule has 0 spiro atoms. The molecule has 0 radical (unpaired) electrons. The molecule has 0 aliphatic heterocycles. The molecule has 0 aliphatic rings. The molecule has 2 heteroatoms. The Labute approximate surface area is 128 Å². The monoisotopic (exact) mass is 280 g/mol. The van der Waals surface area contributed by atoms with E-state index in [1.165, 1.54) is 16.8 Å². The third-order valence-electron chi connectivity index (χ3n) is 3.22. The molecule has 110 valence electrons. The van der Waals surface area contributed by atoms with Crippen LogP contribution in [0.2, 0.25) is 0 Å². The van der Waals surface area contributed by atoms with Crippen molar-refractivity contribution in [3.8, 4) is 0 Å². The van der Waals surface area contributed by atoms with Crippen LogP contribution in [-0.4, -0.2) is 12.4 Å². The van der Waals surface area contributed by atoms with Crippen LogP contribution in [0.25, 0.3) is 0 Å². The van der Waals surface area contributed by atoms with Crippen LogP contribution in [0.5, 0.6) is 0 Å². The number of nitrogens with zero attached hydrogens (tertiary/aromatic N) is 2. The van der Waals surface area contributed by atoms with Crippen molar-refractivity contribution in [2.75, 3.05) is 0 Å². The number of aryl methyl sites for hydroxylation is 2. The van der Waals surface area contributed by atoms with Crippen molar-refractivity contribution < 1.29 is 0 Å². The summed E-state index contributed by atoms with van der Waals surface area (Å²) >= 11 is 0. The van der Waals surface area contributed by atoms with Crippen LogP contribution in [0.4, 0.5) is 11.4 Å². The van der Waals surface area contributed by atoms with E-state index < -0.39 is 0 Å². The topological polar surface area (TPSA) is 24.7 Å². The second-order valence-electron chi connectivity index (χ2n) is 4.93. The molecule has 0 amide bonds. The minimum atomic E-state index is 0.970. The highest BCUT2D eigenvalue weighted by atomic mass is 14.7. The molecule has 0 N–H and O–H groups in total. The molecule has 0 aliphatic carbocycles. The molecule has 0 fully saturated rings. The molecule has 2 aromatic carbocycles. The molecule has 0 aromatic heterocycles. The highest BCUT2D eigenvalue weighted by molar-refractivity contribution is 5.84. The van der Waals surface area contributed by atoms with Crippen molar-refractivity contribution in [1.82, 2.24) is 0 Å². The number of benzene rings is 2. The average molecular weight is 280 g/mol. The fraction of sp³-hybridized carbons (Fsp3) is 0.263. The summed E-state index contributed by atoms with van der Waals surface area (Å²) in [6, 6.07) is 16.1. The van der Waals surface area contributed by atoms with Gasteiger partial charge in [-0.25, -0.2) is 0 Å². The minimum Gasteiger partial charge on any atom is -0.264 e. The molecule has 2 aromatic rings. The molecule has 21 heavy (non-hydrogen) atoms. The van der Waals surface area contributed by atoms with E-state index in [0.29, 0.717) is 0 Å². The molecule has 0 bridgehead atoms. The number of hydrogen-bond acceptors (Lipinski definition) is 2. The maximum Gasteiger partial charge on any atom is 0.0658 e. The van der Waals surface area contributed by atoms with Gasteiger partial charge in [0.2, 0.25) is 0 Å². The van der Waals surface area contributed by atoms with Crippen molar-refractivity contribution >= 4 is 23.8 Å². The zero-order chi connectivity index (χ0) is 15.7. The molecule has 2 nitrogen and oxygen atoms in total. The quantitative estimate of drug-likeness (QED) is 0.632. The van der Waals surface area contributed by atoms with E-state index >= 15 is 0 Å². The Hall–Kier alpha value is -2.22. The van der Waals surface area contributed by atoms with Crippen LogP contribution in [0.15, 0.2) is 58.5 Å². The molecule has 0 atom stereocenters. The predicted molar refractivity (Wildman–Crippen MR) is 94.6 cm³/mol. The Morgan fingerprint density at radius 3 is 1.76 bits per heavy atom. The molecule has 0 unspecified atom stereocenters. The normalized spacial score (nSPS) is 10.6. The first-order valence-corrected chi connectivity index (χ1v) is 7.20. The molecule has 0 heterocycles. The number of hydrogen-bond donors (Lipinski definition) is 0. The maximum absolute atomic E-state index is 4.49. The van der Waals surface area contributed by atoms with Gasteiger partial charge in [0.1, 0.15) is 0 Å². The summed E-state index contributed by atoms with van der Waals surface area (Å²) in [4.78, 5) is 8.31. The van der Waals surface area contributed by atoms with Crippen LogP contribution < -0.4 is 0 Å². The predicted octanol–water partition coefficient (Wildman–Crippen LogP) is 5.82. The Morgan fingerprint density at radius 1 is 0.905 bits per heavy atom. The molecule has 0 saturated carbocycles. The van der Waals surface area contributed by atoms with Gasteiger partial charge in [0, 0.05) is 5.71 Å². The summed E-state index contributed by atoms with van der Waals surface area (Å²) in [5.74, 6) is 0. The van der Waals surface area contributed by atoms with Crippen LogP contribution in [0, 0.1) is 13.8 Å². The van der Waals surface area contributed by atoms with Gasteiger partial charge < -0.3 is 0 Å². The van der Waals surface area contributed by atoms with Crippen LogP contribution >= 0.6 is 0 Å². The molecular weight excluding hydrogens is 256 g/mol. The Morgan fingerprint density at radius 2 is 1.38 bits per heavy atom. The van der Waals surface area contributed by atoms with Gasteiger partial charge in [-0.05, 0) is 57.2 Å². The van der Waals surface area contributed by atoms with E-state index in [4.69, 9.17) is 0 Å². The summed E-state index contributed by atoms with van der Waals surface area (Å²) in [6.45, 7) is 11.7. The van der Waals surface area contributed by atoms with Gasteiger partial charge in [-0.3, -0.25) is 9.98 Å². The molecule has 0 saturated heterocycles. The first-order chi connectivity index (χ1) is 10.1. The van der Waals surface area contributed by atoms with Crippen molar-refractivity contribution in [3.63, 3.8) is 0 Å². The smallest absolute Gasteiger partial charge is 0.0658 e. The van der Waals surface area contributed by atoms with E-state index in [-0.39, 0.29) is 0 Å². The number of para-hydroxylation sites is 2. The lowest BCUT2D eigenvalue weighted by atomic mass is 10.2.